The fourth-order valence-electron chi connectivity index (χ4n) is 5.18. The monoisotopic (exact) mass is 617 g/mol. The van der Waals surface area contributed by atoms with E-state index in [9.17, 15) is 14.4 Å². The summed E-state index contributed by atoms with van der Waals surface area (Å²) in [5.74, 6) is 15.9. The Balaban J connectivity index is 1.29. The molecule has 232 valence electrons. The SMILES string of the molecule is COC(=O)CCc1ccc(CCC(=O)N2CCC3(CC2)CN(N)/C(=N\C(=O)C2NC(Cl)=C(N=NN)NC2N=NN)N3)cc1. The molecule has 3 aliphatic heterocycles. The maximum Gasteiger partial charge on any atom is 0.305 e. The number of nitrogens with one attached hydrogen (secondary N) is 3. The molecule has 0 bridgehead atoms. The standard InChI is InChI=1S/C25H36ClN13O4/c1-43-18(41)9-7-16-4-2-15(3-5-16)6-8-17(40)38-12-10-25(11-13-38)14-39(29)24(33-25)32-23(42)19-21(34-36-27)31-22(35-37-28)20(26)30-19/h2-5,19,21,30-31H,6-14,29H2,1H3,(H2,27,34)(H2,28,35)(H,32,33,42). The molecule has 0 aromatic heterocycles. The zero-order valence-electron chi connectivity index (χ0n) is 23.7. The zero-order valence-corrected chi connectivity index (χ0v) is 24.5. The minimum Gasteiger partial charge on any atom is -0.469 e. The van der Waals surface area contributed by atoms with Crippen molar-refractivity contribution in [3.05, 3.63) is 46.4 Å². The van der Waals surface area contributed by atoms with Crippen LogP contribution in [-0.4, -0.2) is 78.1 Å². The largest absolute Gasteiger partial charge is 0.469 e. The molecule has 0 radical (unpaired) electrons. The summed E-state index contributed by atoms with van der Waals surface area (Å²) in [6.45, 7) is 1.49. The van der Waals surface area contributed by atoms with Crippen molar-refractivity contribution in [1.82, 2.24) is 25.9 Å². The quantitative estimate of drug-likeness (QED) is 0.0687. The summed E-state index contributed by atoms with van der Waals surface area (Å²) in [5, 5.41) is 24.0. The fourth-order valence-corrected chi connectivity index (χ4v) is 5.39. The normalized spacial score (nSPS) is 22.6. The van der Waals surface area contributed by atoms with Crippen LogP contribution < -0.4 is 33.5 Å². The van der Waals surface area contributed by atoms with Gasteiger partial charge in [0.15, 0.2) is 18.0 Å². The summed E-state index contributed by atoms with van der Waals surface area (Å²) >= 11 is 6.15. The Hall–Kier alpha value is -4.51. The van der Waals surface area contributed by atoms with Crippen molar-refractivity contribution in [3.63, 3.8) is 0 Å². The predicted molar refractivity (Wildman–Crippen MR) is 155 cm³/mol. The second kappa shape index (κ2) is 14.1. The van der Waals surface area contributed by atoms with Crippen molar-refractivity contribution in [2.45, 2.75) is 56.3 Å². The molecule has 1 aromatic carbocycles. The van der Waals surface area contributed by atoms with E-state index in [0.29, 0.717) is 58.2 Å². The maximum absolute atomic E-state index is 13.1. The fraction of sp³-hybridized carbons (Fsp3) is 0.520. The lowest BCUT2D eigenvalue weighted by atomic mass is 9.88. The number of aryl methyl sites for hydroxylation is 2. The van der Waals surface area contributed by atoms with Gasteiger partial charge in [-0.05, 0) is 36.8 Å². The summed E-state index contributed by atoms with van der Waals surface area (Å²) in [5.41, 5.74) is 1.66. The van der Waals surface area contributed by atoms with Crippen molar-refractivity contribution in [2.75, 3.05) is 26.7 Å². The highest BCUT2D eigenvalue weighted by Crippen LogP contribution is 2.28. The Morgan fingerprint density at radius 2 is 1.70 bits per heavy atom. The third-order valence-corrected chi connectivity index (χ3v) is 7.90. The van der Waals surface area contributed by atoms with Crippen LogP contribution in [-0.2, 0) is 32.0 Å². The first-order valence-electron chi connectivity index (χ1n) is 13.7. The molecule has 3 heterocycles. The van der Waals surface area contributed by atoms with Gasteiger partial charge in [0, 0.05) is 25.9 Å². The summed E-state index contributed by atoms with van der Waals surface area (Å²) in [4.78, 5) is 43.4. The van der Waals surface area contributed by atoms with Gasteiger partial charge in [0.25, 0.3) is 5.91 Å². The van der Waals surface area contributed by atoms with Crippen molar-refractivity contribution >= 4 is 35.3 Å². The number of nitrogens with two attached hydrogens (primary N) is 3. The average molecular weight is 618 g/mol. The first-order valence-corrected chi connectivity index (χ1v) is 14.0. The van der Waals surface area contributed by atoms with Crippen molar-refractivity contribution in [2.24, 2.45) is 43.2 Å². The number of aliphatic imine (C=N–C) groups is 1. The van der Waals surface area contributed by atoms with Gasteiger partial charge in [-0.25, -0.2) is 5.84 Å². The molecule has 2 unspecified atom stereocenters. The van der Waals surface area contributed by atoms with Crippen molar-refractivity contribution in [1.29, 1.82) is 0 Å². The minimum absolute atomic E-state index is 0.0126. The molecule has 17 nitrogen and oxygen atoms in total. The van der Waals surface area contributed by atoms with Crippen LogP contribution in [0.25, 0.3) is 0 Å². The number of halogens is 1. The highest BCUT2D eigenvalue weighted by atomic mass is 35.5. The molecule has 2 saturated heterocycles. The molecular weight excluding hydrogens is 582 g/mol. The zero-order chi connectivity index (χ0) is 31.0. The third-order valence-electron chi connectivity index (χ3n) is 7.61. The molecule has 1 aromatic rings. The van der Waals surface area contributed by atoms with Crippen LogP contribution in [0, 0.1) is 0 Å². The topological polar surface area (TPSA) is 243 Å². The number of nitrogens with zero attached hydrogens (tertiary/aromatic N) is 7. The number of benzene rings is 1. The molecule has 43 heavy (non-hydrogen) atoms. The number of guanidine groups is 1. The molecule has 1 spiro atoms. The van der Waals surface area contributed by atoms with Gasteiger partial charge >= 0.3 is 5.97 Å². The van der Waals surface area contributed by atoms with Crippen LogP contribution in [0.15, 0.2) is 60.9 Å². The summed E-state index contributed by atoms with van der Waals surface area (Å²) < 4.78 is 4.68. The van der Waals surface area contributed by atoms with Gasteiger partial charge in [-0.3, -0.25) is 19.4 Å². The molecular formula is C25H36ClN13O4. The smallest absolute Gasteiger partial charge is 0.305 e. The van der Waals surface area contributed by atoms with Gasteiger partial charge in [-0.2, -0.15) is 4.99 Å². The number of hydrogen-bond donors (Lipinski definition) is 6. The molecule has 18 heteroatoms. The number of rotatable bonds is 9. The first-order chi connectivity index (χ1) is 20.7. The van der Waals surface area contributed by atoms with Crippen LogP contribution >= 0.6 is 11.6 Å². The van der Waals surface area contributed by atoms with Gasteiger partial charge in [0.2, 0.25) is 11.9 Å². The molecule has 2 atom stereocenters. The van der Waals surface area contributed by atoms with E-state index in [0.717, 1.165) is 11.1 Å². The molecule has 0 saturated carbocycles. The molecule has 2 fully saturated rings. The predicted octanol–water partition coefficient (Wildman–Crippen LogP) is -0.348. The Kier molecular flexibility index (Phi) is 10.3. The lowest BCUT2D eigenvalue weighted by molar-refractivity contribution is -0.140. The molecule has 4 rings (SSSR count). The van der Waals surface area contributed by atoms with Crippen molar-refractivity contribution < 1.29 is 19.1 Å². The number of hydrogen-bond acceptors (Lipinski definition) is 11. The summed E-state index contributed by atoms with van der Waals surface area (Å²) in [7, 11) is 1.38. The van der Waals surface area contributed by atoms with E-state index in [1.54, 1.807) is 0 Å². The number of ether oxygens (including phenoxy) is 1. The lowest BCUT2D eigenvalue weighted by Gasteiger charge is -2.38. The first kappa shape index (κ1) is 31.4. The summed E-state index contributed by atoms with van der Waals surface area (Å²) in [6, 6.07) is 6.86. The third kappa shape index (κ3) is 7.86. The second-order valence-corrected chi connectivity index (χ2v) is 10.8. The number of likely N-dealkylation sites (tertiary alicyclic amines) is 1. The van der Waals surface area contributed by atoms with Crippen LogP contribution in [0.5, 0.6) is 0 Å². The van der Waals surface area contributed by atoms with E-state index < -0.39 is 23.7 Å². The van der Waals surface area contributed by atoms with E-state index in [1.165, 1.54) is 12.1 Å². The number of esters is 1. The Bertz CT molecular complexity index is 1310. The Labute approximate surface area is 252 Å². The van der Waals surface area contributed by atoms with Gasteiger partial charge in [0.05, 0.1) is 19.2 Å². The van der Waals surface area contributed by atoms with Crippen LogP contribution in [0.2, 0.25) is 0 Å². The molecule has 9 N–H and O–H groups in total. The van der Waals surface area contributed by atoms with Gasteiger partial charge in [0.1, 0.15) is 5.16 Å². The highest BCUT2D eigenvalue weighted by Gasteiger charge is 2.44. The number of methoxy groups -OCH3 is 1. The van der Waals surface area contributed by atoms with Crippen LogP contribution in [0.1, 0.15) is 36.8 Å². The molecule has 3 aliphatic rings. The van der Waals surface area contributed by atoms with Crippen LogP contribution in [0.3, 0.4) is 0 Å². The maximum atomic E-state index is 13.1. The van der Waals surface area contributed by atoms with Crippen molar-refractivity contribution in [3.8, 4) is 0 Å². The van der Waals surface area contributed by atoms with Gasteiger partial charge in [-0.1, -0.05) is 46.3 Å². The van der Waals surface area contributed by atoms with Gasteiger partial charge in [-0.15, -0.1) is 10.2 Å². The Morgan fingerprint density at radius 1 is 1.05 bits per heavy atom. The lowest BCUT2D eigenvalue weighted by Crippen LogP contribution is -2.55. The Morgan fingerprint density at radius 3 is 2.30 bits per heavy atom. The average Bonchev–Trinajstić information content (AvgIpc) is 3.30. The van der Waals surface area contributed by atoms with E-state index in [-0.39, 0.29) is 28.8 Å². The van der Waals surface area contributed by atoms with E-state index in [2.05, 4.69) is 46.4 Å². The van der Waals surface area contributed by atoms with E-state index >= 15 is 0 Å². The van der Waals surface area contributed by atoms with E-state index in [4.69, 9.17) is 29.1 Å². The number of amides is 2. The van der Waals surface area contributed by atoms with E-state index in [1.807, 2.05) is 29.2 Å². The molecule has 2 amide bonds. The second-order valence-electron chi connectivity index (χ2n) is 10.4. The number of carbonyl (C=O) groups is 3. The van der Waals surface area contributed by atoms with Gasteiger partial charge < -0.3 is 37.3 Å². The molecule has 0 aliphatic carbocycles. The number of hydrazine groups is 1. The summed E-state index contributed by atoms with van der Waals surface area (Å²) in [6.07, 6.45) is 2.23. The number of carbonyl (C=O) groups excluding carboxylic acids is 3. The number of piperidine rings is 1. The van der Waals surface area contributed by atoms with Crippen LogP contribution in [0.4, 0.5) is 0 Å². The minimum atomic E-state index is -1.06. The highest BCUT2D eigenvalue weighted by molar-refractivity contribution is 6.29.